The molecule has 0 bridgehead atoms. The highest BCUT2D eigenvalue weighted by Gasteiger charge is 2.07. The summed E-state index contributed by atoms with van der Waals surface area (Å²) >= 11 is 5.93. The first-order valence-electron chi connectivity index (χ1n) is 6.42. The third-order valence-corrected chi connectivity index (χ3v) is 3.21. The number of benzene rings is 2. The first-order valence-corrected chi connectivity index (χ1v) is 6.80. The van der Waals surface area contributed by atoms with E-state index in [2.05, 4.69) is 10.3 Å². The van der Waals surface area contributed by atoms with Crippen LogP contribution >= 0.6 is 11.6 Å². The molecule has 0 spiro atoms. The molecule has 112 valence electrons. The summed E-state index contributed by atoms with van der Waals surface area (Å²) in [6.07, 6.45) is 0. The van der Waals surface area contributed by atoms with Gasteiger partial charge < -0.3 is 14.5 Å². The number of carbonyl (C=O) groups excluding carboxylic acids is 1. The Kier molecular flexibility index (Phi) is 3.84. The predicted molar refractivity (Wildman–Crippen MR) is 82.4 cm³/mol. The van der Waals surface area contributed by atoms with E-state index in [4.69, 9.17) is 20.8 Å². The first-order chi connectivity index (χ1) is 10.6. The van der Waals surface area contributed by atoms with Crippen LogP contribution in [0.5, 0.6) is 5.75 Å². The molecule has 0 radical (unpaired) electrons. The molecule has 0 fully saturated rings. The number of anilines is 1. The highest BCUT2D eigenvalue weighted by atomic mass is 35.5. The number of aromatic amines is 1. The Morgan fingerprint density at radius 2 is 2.09 bits per heavy atom. The number of carbonyl (C=O) groups is 1. The van der Waals surface area contributed by atoms with Gasteiger partial charge in [-0.05, 0) is 30.3 Å². The van der Waals surface area contributed by atoms with Crippen LogP contribution in [-0.4, -0.2) is 17.5 Å². The minimum Gasteiger partial charge on any atom is -0.482 e. The van der Waals surface area contributed by atoms with E-state index in [9.17, 15) is 9.59 Å². The lowest BCUT2D eigenvalue weighted by Gasteiger charge is -2.08. The molecule has 1 aromatic heterocycles. The summed E-state index contributed by atoms with van der Waals surface area (Å²) in [5, 5.41) is 3.10. The third kappa shape index (κ3) is 3.12. The molecule has 0 unspecified atom stereocenters. The maximum absolute atomic E-state index is 11.9. The lowest BCUT2D eigenvalue weighted by atomic mass is 10.3. The Balaban J connectivity index is 1.65. The molecule has 2 N–H and O–H groups in total. The molecule has 22 heavy (non-hydrogen) atoms. The van der Waals surface area contributed by atoms with Crippen LogP contribution < -0.4 is 15.8 Å². The Hall–Kier alpha value is -2.73. The number of aromatic nitrogens is 1. The van der Waals surface area contributed by atoms with Crippen molar-refractivity contribution in [2.75, 3.05) is 11.9 Å². The number of rotatable bonds is 4. The van der Waals surface area contributed by atoms with Crippen LogP contribution in [0.4, 0.5) is 5.69 Å². The molecule has 7 heteroatoms. The lowest BCUT2D eigenvalue weighted by molar-refractivity contribution is -0.118. The molecule has 3 aromatic rings. The van der Waals surface area contributed by atoms with E-state index in [1.165, 1.54) is 0 Å². The quantitative estimate of drug-likeness (QED) is 0.774. The van der Waals surface area contributed by atoms with Crippen molar-refractivity contribution < 1.29 is 13.9 Å². The van der Waals surface area contributed by atoms with Gasteiger partial charge in [-0.3, -0.25) is 9.78 Å². The van der Waals surface area contributed by atoms with Crippen molar-refractivity contribution in [3.05, 3.63) is 58.0 Å². The Morgan fingerprint density at radius 3 is 2.91 bits per heavy atom. The number of hydrogen-bond acceptors (Lipinski definition) is 4. The summed E-state index contributed by atoms with van der Waals surface area (Å²) in [4.78, 5) is 25.5. The highest BCUT2D eigenvalue weighted by molar-refractivity contribution is 6.32. The van der Waals surface area contributed by atoms with Gasteiger partial charge in [-0.15, -0.1) is 0 Å². The molecule has 0 aliphatic rings. The fourth-order valence-corrected chi connectivity index (χ4v) is 2.12. The van der Waals surface area contributed by atoms with Crippen LogP contribution in [0.1, 0.15) is 0 Å². The second-order valence-corrected chi connectivity index (χ2v) is 4.90. The Labute approximate surface area is 129 Å². The van der Waals surface area contributed by atoms with Crippen LogP contribution in [0.25, 0.3) is 11.1 Å². The molecule has 6 nitrogen and oxygen atoms in total. The van der Waals surface area contributed by atoms with Crippen LogP contribution in [0.15, 0.2) is 51.7 Å². The zero-order chi connectivity index (χ0) is 15.5. The van der Waals surface area contributed by atoms with E-state index in [0.29, 0.717) is 27.6 Å². The number of nitrogens with one attached hydrogen (secondary N) is 2. The fourth-order valence-electron chi connectivity index (χ4n) is 1.93. The van der Waals surface area contributed by atoms with Crippen LogP contribution in [0, 0.1) is 0 Å². The molecule has 0 aliphatic carbocycles. The van der Waals surface area contributed by atoms with Gasteiger partial charge in [0.05, 0.1) is 10.5 Å². The second kappa shape index (κ2) is 5.95. The number of halogens is 1. The molecule has 0 saturated carbocycles. The summed E-state index contributed by atoms with van der Waals surface area (Å²) in [6.45, 7) is -0.177. The minimum absolute atomic E-state index is 0.177. The van der Waals surface area contributed by atoms with E-state index in [-0.39, 0.29) is 12.5 Å². The van der Waals surface area contributed by atoms with Gasteiger partial charge in [0.2, 0.25) is 0 Å². The van der Waals surface area contributed by atoms with Crippen LogP contribution in [-0.2, 0) is 4.79 Å². The molecule has 1 heterocycles. The summed E-state index contributed by atoms with van der Waals surface area (Å²) in [6, 6.07) is 11.7. The number of oxazole rings is 1. The average molecular weight is 319 g/mol. The third-order valence-electron chi connectivity index (χ3n) is 2.90. The SMILES string of the molecule is O=C(COc1ccccc1Cl)Nc1ccc2oc(=O)[nH]c2c1. The lowest BCUT2D eigenvalue weighted by Crippen LogP contribution is -2.20. The van der Waals surface area contributed by atoms with Crippen LogP contribution in [0.3, 0.4) is 0 Å². The normalized spacial score (nSPS) is 10.6. The van der Waals surface area contributed by atoms with Gasteiger partial charge in [-0.1, -0.05) is 23.7 Å². The Bertz CT molecular complexity index is 884. The van der Waals surface area contributed by atoms with Crippen molar-refractivity contribution in [2.24, 2.45) is 0 Å². The molecule has 0 saturated heterocycles. The molecular formula is C15H11ClN2O4. The predicted octanol–water partition coefficient (Wildman–Crippen LogP) is 2.79. The minimum atomic E-state index is -0.541. The number of hydrogen-bond donors (Lipinski definition) is 2. The van der Waals surface area contributed by atoms with Gasteiger partial charge in [0.1, 0.15) is 5.75 Å². The summed E-state index contributed by atoms with van der Waals surface area (Å²) < 4.78 is 10.2. The monoisotopic (exact) mass is 318 g/mol. The number of amides is 1. The summed E-state index contributed by atoms with van der Waals surface area (Å²) in [5.41, 5.74) is 1.46. The molecule has 2 aromatic carbocycles. The average Bonchev–Trinajstić information content (AvgIpc) is 2.86. The highest BCUT2D eigenvalue weighted by Crippen LogP contribution is 2.23. The van der Waals surface area contributed by atoms with Gasteiger partial charge in [0.25, 0.3) is 5.91 Å². The van der Waals surface area contributed by atoms with Crippen LogP contribution in [0.2, 0.25) is 5.02 Å². The number of H-pyrrole nitrogens is 1. The van der Waals surface area contributed by atoms with Crippen molar-refractivity contribution in [3.63, 3.8) is 0 Å². The molecule has 0 aliphatic heterocycles. The molecule has 3 rings (SSSR count). The topological polar surface area (TPSA) is 84.3 Å². The largest absolute Gasteiger partial charge is 0.482 e. The van der Waals surface area contributed by atoms with E-state index in [1.54, 1.807) is 42.5 Å². The van der Waals surface area contributed by atoms with Crippen molar-refractivity contribution in [1.29, 1.82) is 0 Å². The number of ether oxygens (including phenoxy) is 1. The molecule has 0 atom stereocenters. The number of fused-ring (bicyclic) bond motifs is 1. The van der Waals surface area contributed by atoms with Crippen molar-refractivity contribution >= 4 is 34.3 Å². The zero-order valence-electron chi connectivity index (χ0n) is 11.3. The van der Waals surface area contributed by atoms with Crippen molar-refractivity contribution in [2.45, 2.75) is 0 Å². The number of para-hydroxylation sites is 1. The summed E-state index contributed by atoms with van der Waals surface area (Å²) in [7, 11) is 0. The fraction of sp³-hybridized carbons (Fsp3) is 0.0667. The molecular weight excluding hydrogens is 308 g/mol. The summed E-state index contributed by atoms with van der Waals surface area (Å²) in [5.74, 6) is -0.445. The maximum Gasteiger partial charge on any atom is 0.417 e. The van der Waals surface area contributed by atoms with Gasteiger partial charge in [0, 0.05) is 5.69 Å². The standard InChI is InChI=1S/C15H11ClN2O4/c16-10-3-1-2-4-12(10)21-8-14(19)17-9-5-6-13-11(7-9)18-15(20)22-13/h1-7H,8H2,(H,17,19)(H,18,20). The van der Waals surface area contributed by atoms with E-state index in [1.807, 2.05) is 0 Å². The van der Waals surface area contributed by atoms with Gasteiger partial charge in [0.15, 0.2) is 12.2 Å². The first kappa shape index (κ1) is 14.2. The van der Waals surface area contributed by atoms with Crippen molar-refractivity contribution in [1.82, 2.24) is 4.98 Å². The van der Waals surface area contributed by atoms with Gasteiger partial charge >= 0.3 is 5.76 Å². The Morgan fingerprint density at radius 1 is 1.27 bits per heavy atom. The smallest absolute Gasteiger partial charge is 0.417 e. The van der Waals surface area contributed by atoms with E-state index < -0.39 is 5.76 Å². The van der Waals surface area contributed by atoms with Crippen molar-refractivity contribution in [3.8, 4) is 5.75 Å². The second-order valence-electron chi connectivity index (χ2n) is 4.49. The zero-order valence-corrected chi connectivity index (χ0v) is 12.0. The van der Waals surface area contributed by atoms with E-state index in [0.717, 1.165) is 0 Å². The van der Waals surface area contributed by atoms with Gasteiger partial charge in [-0.25, -0.2) is 4.79 Å². The molecule has 1 amide bonds. The van der Waals surface area contributed by atoms with E-state index >= 15 is 0 Å². The maximum atomic E-state index is 11.9. The van der Waals surface area contributed by atoms with Gasteiger partial charge in [-0.2, -0.15) is 0 Å².